The second-order valence-electron chi connectivity index (χ2n) is 6.32. The summed E-state index contributed by atoms with van der Waals surface area (Å²) in [5, 5.41) is 0. The van der Waals surface area contributed by atoms with E-state index in [9.17, 15) is 4.79 Å². The van der Waals surface area contributed by atoms with E-state index < -0.39 is 20.1 Å². The van der Waals surface area contributed by atoms with Crippen molar-refractivity contribution >= 4 is 14.0 Å². The average Bonchev–Trinajstić information content (AvgIpc) is 2.37. The molecule has 21 heavy (non-hydrogen) atoms. The minimum atomic E-state index is -1.79. The molecule has 0 aliphatic rings. The fourth-order valence-electron chi connectivity index (χ4n) is 3.11. The molecule has 3 heteroatoms. The van der Waals surface area contributed by atoms with Crippen LogP contribution in [0.15, 0.2) is 25.3 Å². The van der Waals surface area contributed by atoms with Crippen molar-refractivity contribution in [2.75, 3.05) is 0 Å². The van der Waals surface area contributed by atoms with E-state index in [0.29, 0.717) is 23.0 Å². The lowest BCUT2D eigenvalue weighted by molar-refractivity contribution is -0.140. The van der Waals surface area contributed by atoms with Gasteiger partial charge in [0, 0.05) is 12.5 Å². The molecular weight excluding hydrogens is 276 g/mol. The van der Waals surface area contributed by atoms with Crippen molar-refractivity contribution in [2.24, 2.45) is 0 Å². The van der Waals surface area contributed by atoms with Crippen LogP contribution in [0.4, 0.5) is 0 Å². The number of ether oxygens (including phenoxy) is 1. The standard InChI is InChI=1S/C18H30O2Si/c1-9-11-17(20-18(19)10-2)12-13-21(14(3)4,15(5)6)16(7)8/h9-10,14-17H,1-2,11H2,3-8H3/t17-/m1/s1. The summed E-state index contributed by atoms with van der Waals surface area (Å²) in [7, 11) is -1.79. The maximum Gasteiger partial charge on any atom is 0.331 e. The van der Waals surface area contributed by atoms with Gasteiger partial charge in [0.2, 0.25) is 0 Å². The Morgan fingerprint density at radius 2 is 1.57 bits per heavy atom. The molecule has 0 radical (unpaired) electrons. The van der Waals surface area contributed by atoms with Crippen molar-refractivity contribution in [3.05, 3.63) is 25.3 Å². The minimum absolute atomic E-state index is 0.420. The van der Waals surface area contributed by atoms with Gasteiger partial charge in [-0.3, -0.25) is 0 Å². The van der Waals surface area contributed by atoms with Crippen LogP contribution >= 0.6 is 0 Å². The van der Waals surface area contributed by atoms with Gasteiger partial charge in [-0.15, -0.1) is 12.1 Å². The van der Waals surface area contributed by atoms with Crippen LogP contribution in [0.25, 0.3) is 0 Å². The van der Waals surface area contributed by atoms with Crippen LogP contribution in [0.2, 0.25) is 16.6 Å². The highest BCUT2D eigenvalue weighted by molar-refractivity contribution is 6.90. The smallest absolute Gasteiger partial charge is 0.331 e. The lowest BCUT2D eigenvalue weighted by Gasteiger charge is -2.38. The molecule has 0 amide bonds. The van der Waals surface area contributed by atoms with E-state index in [0.717, 1.165) is 0 Å². The molecule has 1 atom stereocenters. The van der Waals surface area contributed by atoms with E-state index >= 15 is 0 Å². The zero-order chi connectivity index (χ0) is 16.6. The normalized spacial score (nSPS) is 12.8. The molecule has 0 aromatic carbocycles. The third kappa shape index (κ3) is 5.21. The first-order chi connectivity index (χ1) is 9.72. The molecule has 0 aliphatic heterocycles. The first-order valence-electron chi connectivity index (χ1n) is 7.68. The summed E-state index contributed by atoms with van der Waals surface area (Å²) >= 11 is 0. The van der Waals surface area contributed by atoms with Gasteiger partial charge in [0.1, 0.15) is 8.07 Å². The highest BCUT2D eigenvalue weighted by atomic mass is 28.3. The van der Waals surface area contributed by atoms with Crippen LogP contribution in [-0.2, 0) is 9.53 Å². The van der Waals surface area contributed by atoms with Crippen LogP contribution < -0.4 is 0 Å². The lowest BCUT2D eigenvalue weighted by atomic mass is 10.2. The van der Waals surface area contributed by atoms with E-state index in [-0.39, 0.29) is 0 Å². The minimum Gasteiger partial charge on any atom is -0.446 e. The molecule has 0 aromatic heterocycles. The van der Waals surface area contributed by atoms with Crippen LogP contribution in [0, 0.1) is 11.5 Å². The predicted octanol–water partition coefficient (Wildman–Crippen LogP) is 4.88. The highest BCUT2D eigenvalue weighted by Crippen LogP contribution is 2.40. The first kappa shape index (κ1) is 19.7. The summed E-state index contributed by atoms with van der Waals surface area (Å²) in [5.41, 5.74) is 5.25. The number of rotatable bonds is 7. The Morgan fingerprint density at radius 3 is 1.90 bits per heavy atom. The van der Waals surface area contributed by atoms with E-state index in [1.54, 1.807) is 6.08 Å². The second kappa shape index (κ2) is 8.89. The SMILES string of the molecule is C=CC[C@H](C#C[Si](C(C)C)(C(C)C)C(C)C)OC(=O)C=C. The molecule has 0 heterocycles. The van der Waals surface area contributed by atoms with Gasteiger partial charge in [-0.25, -0.2) is 4.79 Å². The van der Waals surface area contributed by atoms with Gasteiger partial charge in [0.15, 0.2) is 6.10 Å². The molecule has 2 nitrogen and oxygen atoms in total. The number of carbonyl (C=O) groups is 1. The zero-order valence-electron chi connectivity index (χ0n) is 14.4. The van der Waals surface area contributed by atoms with Crippen molar-refractivity contribution < 1.29 is 9.53 Å². The van der Waals surface area contributed by atoms with Gasteiger partial charge in [0.05, 0.1) is 0 Å². The maximum atomic E-state index is 11.4. The number of esters is 1. The Balaban J connectivity index is 5.53. The van der Waals surface area contributed by atoms with Crippen LogP contribution in [0.5, 0.6) is 0 Å². The molecule has 0 aromatic rings. The topological polar surface area (TPSA) is 26.3 Å². The van der Waals surface area contributed by atoms with Gasteiger partial charge in [0.25, 0.3) is 0 Å². The number of hydrogen-bond acceptors (Lipinski definition) is 2. The fraction of sp³-hybridized carbons (Fsp3) is 0.611. The summed E-state index contributed by atoms with van der Waals surface area (Å²) in [5.74, 6) is 2.79. The van der Waals surface area contributed by atoms with Crippen molar-refractivity contribution in [3.63, 3.8) is 0 Å². The Kier molecular flexibility index (Phi) is 8.35. The maximum absolute atomic E-state index is 11.4. The van der Waals surface area contributed by atoms with Crippen molar-refractivity contribution in [3.8, 4) is 11.5 Å². The van der Waals surface area contributed by atoms with Crippen molar-refractivity contribution in [1.82, 2.24) is 0 Å². The van der Waals surface area contributed by atoms with Gasteiger partial charge < -0.3 is 4.74 Å². The molecule has 0 unspecified atom stereocenters. The van der Waals surface area contributed by atoms with Crippen molar-refractivity contribution in [2.45, 2.75) is 70.7 Å². The molecular formula is C18H30O2Si. The van der Waals surface area contributed by atoms with Crippen LogP contribution in [-0.4, -0.2) is 20.1 Å². The molecule has 0 bridgehead atoms. The van der Waals surface area contributed by atoms with E-state index in [1.807, 2.05) is 0 Å². The summed E-state index contributed by atoms with van der Waals surface area (Å²) in [6.45, 7) is 20.7. The second-order valence-corrected chi connectivity index (χ2v) is 11.9. The number of hydrogen-bond donors (Lipinski definition) is 0. The first-order valence-corrected chi connectivity index (χ1v) is 9.92. The molecule has 0 spiro atoms. The monoisotopic (exact) mass is 306 g/mol. The third-order valence-corrected chi connectivity index (χ3v) is 10.4. The van der Waals surface area contributed by atoms with Gasteiger partial charge in [-0.1, -0.05) is 60.1 Å². The third-order valence-electron chi connectivity index (χ3n) is 4.12. The van der Waals surface area contributed by atoms with Crippen LogP contribution in [0.1, 0.15) is 48.0 Å². The fourth-order valence-corrected chi connectivity index (χ4v) is 8.39. The Bertz CT molecular complexity index is 402. The van der Waals surface area contributed by atoms with Crippen molar-refractivity contribution in [1.29, 1.82) is 0 Å². The van der Waals surface area contributed by atoms with Gasteiger partial charge >= 0.3 is 5.97 Å². The molecule has 0 N–H and O–H groups in total. The Hall–Kier alpha value is -1.27. The molecule has 0 saturated carbocycles. The summed E-state index contributed by atoms with van der Waals surface area (Å²) in [4.78, 5) is 11.4. The van der Waals surface area contributed by atoms with E-state index in [1.165, 1.54) is 6.08 Å². The molecule has 0 fully saturated rings. The molecule has 0 rings (SSSR count). The summed E-state index contributed by atoms with van der Waals surface area (Å²) in [6, 6.07) is 0. The Labute approximate surface area is 131 Å². The average molecular weight is 307 g/mol. The predicted molar refractivity (Wildman–Crippen MR) is 93.7 cm³/mol. The molecule has 118 valence electrons. The quantitative estimate of drug-likeness (QED) is 0.220. The lowest BCUT2D eigenvalue weighted by Crippen LogP contribution is -2.43. The van der Waals surface area contributed by atoms with E-state index in [4.69, 9.17) is 4.74 Å². The van der Waals surface area contributed by atoms with Crippen LogP contribution in [0.3, 0.4) is 0 Å². The molecule has 0 saturated heterocycles. The highest BCUT2D eigenvalue weighted by Gasteiger charge is 2.41. The molecule has 0 aliphatic carbocycles. The summed E-state index contributed by atoms with van der Waals surface area (Å²) < 4.78 is 5.30. The van der Waals surface area contributed by atoms with Gasteiger partial charge in [-0.2, -0.15) is 0 Å². The van der Waals surface area contributed by atoms with E-state index in [2.05, 4.69) is 66.2 Å². The number of carbonyl (C=O) groups excluding carboxylic acids is 1. The van der Waals surface area contributed by atoms with Gasteiger partial charge in [-0.05, 0) is 16.6 Å². The largest absolute Gasteiger partial charge is 0.446 e. The zero-order valence-corrected chi connectivity index (χ0v) is 15.4. The summed E-state index contributed by atoms with van der Waals surface area (Å²) in [6.07, 6.45) is 3.04. The Morgan fingerprint density at radius 1 is 1.10 bits per heavy atom.